The minimum absolute atomic E-state index is 0.0309. The molecule has 26 heavy (non-hydrogen) atoms. The minimum atomic E-state index is -0.821. The molecular weight excluding hydrogens is 338 g/mol. The van der Waals surface area contributed by atoms with Gasteiger partial charge in [0.25, 0.3) is 11.6 Å². The summed E-state index contributed by atoms with van der Waals surface area (Å²) < 4.78 is 11.1. The fourth-order valence-electron chi connectivity index (χ4n) is 2.52. The number of amides is 1. The number of carbonyl (C=O) groups is 1. The monoisotopic (exact) mass is 355 g/mol. The number of nitrogens with zero attached hydrogens (tertiary/aromatic N) is 2. The Kier molecular flexibility index (Phi) is 5.12. The van der Waals surface area contributed by atoms with Crippen LogP contribution in [0.5, 0.6) is 11.5 Å². The summed E-state index contributed by atoms with van der Waals surface area (Å²) in [6, 6.07) is 11.9. The number of rotatable bonds is 5. The number of hydrogen-bond donors (Lipinski definition) is 1. The van der Waals surface area contributed by atoms with Crippen LogP contribution in [0.3, 0.4) is 0 Å². The summed E-state index contributed by atoms with van der Waals surface area (Å²) in [5.74, 6) is 0.618. The van der Waals surface area contributed by atoms with E-state index in [1.165, 1.54) is 12.3 Å². The second-order valence-electron chi connectivity index (χ2n) is 5.60. The summed E-state index contributed by atoms with van der Waals surface area (Å²) in [7, 11) is 0. The quantitative estimate of drug-likeness (QED) is 0.504. The summed E-state index contributed by atoms with van der Waals surface area (Å²) in [6.45, 7) is 1.93. The van der Waals surface area contributed by atoms with Crippen LogP contribution in [0.1, 0.15) is 18.1 Å². The average Bonchev–Trinajstić information content (AvgIpc) is 2.67. The summed E-state index contributed by atoms with van der Waals surface area (Å²) in [4.78, 5) is 22.8. The van der Waals surface area contributed by atoms with Crippen molar-refractivity contribution >= 4 is 17.8 Å². The van der Waals surface area contributed by atoms with E-state index in [4.69, 9.17) is 9.47 Å². The van der Waals surface area contributed by atoms with Crippen LogP contribution in [0, 0.1) is 10.1 Å². The maximum Gasteiger partial charge on any atom is 0.284 e. The van der Waals surface area contributed by atoms with Gasteiger partial charge in [0.1, 0.15) is 6.61 Å². The lowest BCUT2D eigenvalue weighted by molar-refractivity contribution is -0.385. The lowest BCUT2D eigenvalue weighted by Crippen LogP contribution is -2.42. The fourth-order valence-corrected chi connectivity index (χ4v) is 2.52. The number of fused-ring (bicyclic) bond motifs is 1. The number of aryl methyl sites for hydroxylation is 1. The van der Waals surface area contributed by atoms with Gasteiger partial charge in [0.2, 0.25) is 6.10 Å². The maximum absolute atomic E-state index is 12.1. The molecule has 0 saturated heterocycles. The van der Waals surface area contributed by atoms with Crippen LogP contribution in [-0.2, 0) is 11.2 Å². The Bertz CT molecular complexity index is 866. The number of benzene rings is 2. The molecule has 0 unspecified atom stereocenters. The number of nitro groups is 1. The molecule has 2 aromatic rings. The highest BCUT2D eigenvalue weighted by Crippen LogP contribution is 2.30. The predicted molar refractivity (Wildman–Crippen MR) is 94.6 cm³/mol. The van der Waals surface area contributed by atoms with Gasteiger partial charge in [-0.15, -0.1) is 0 Å². The molecule has 134 valence electrons. The molecule has 0 saturated carbocycles. The van der Waals surface area contributed by atoms with Gasteiger partial charge in [-0.1, -0.05) is 31.2 Å². The van der Waals surface area contributed by atoms with Gasteiger partial charge >= 0.3 is 0 Å². The van der Waals surface area contributed by atoms with Crippen LogP contribution in [0.15, 0.2) is 47.6 Å². The van der Waals surface area contributed by atoms with Gasteiger partial charge in [0.05, 0.1) is 11.1 Å². The summed E-state index contributed by atoms with van der Waals surface area (Å²) in [5, 5.41) is 14.9. The number of nitro benzene ring substituents is 1. The number of hydrazone groups is 1. The second kappa shape index (κ2) is 7.64. The number of hydrogen-bond acceptors (Lipinski definition) is 6. The Labute approximate surface area is 149 Å². The van der Waals surface area contributed by atoms with E-state index in [2.05, 4.69) is 10.5 Å². The first kappa shape index (κ1) is 17.4. The van der Waals surface area contributed by atoms with E-state index < -0.39 is 16.9 Å². The minimum Gasteiger partial charge on any atom is -0.485 e. The zero-order valence-corrected chi connectivity index (χ0v) is 14.0. The van der Waals surface area contributed by atoms with E-state index in [0.717, 1.165) is 0 Å². The molecule has 1 atom stereocenters. The van der Waals surface area contributed by atoms with Crippen molar-refractivity contribution in [3.63, 3.8) is 0 Å². The topological polar surface area (TPSA) is 103 Å². The van der Waals surface area contributed by atoms with Crippen molar-refractivity contribution in [1.82, 2.24) is 5.43 Å². The van der Waals surface area contributed by atoms with Crippen molar-refractivity contribution in [1.29, 1.82) is 0 Å². The molecule has 0 spiro atoms. The molecule has 3 rings (SSSR count). The summed E-state index contributed by atoms with van der Waals surface area (Å²) in [5.41, 5.74) is 3.55. The van der Waals surface area contributed by atoms with Crippen LogP contribution >= 0.6 is 0 Å². The zero-order chi connectivity index (χ0) is 18.5. The van der Waals surface area contributed by atoms with Gasteiger partial charge in [-0.2, -0.15) is 5.10 Å². The molecule has 8 nitrogen and oxygen atoms in total. The van der Waals surface area contributed by atoms with Gasteiger partial charge in [-0.05, 0) is 18.6 Å². The standard InChI is InChI=1S/C18H17N3O5/c1-2-13-8-7-12(9-14(13)21(23)24)10-19-20-18(22)17-11-25-15-5-3-4-6-16(15)26-17/h3-10,17H,2,11H2,1H3,(H,20,22)/b19-10-/t17-/m1/s1. The van der Waals surface area contributed by atoms with Crippen LogP contribution in [0.4, 0.5) is 5.69 Å². The van der Waals surface area contributed by atoms with Crippen molar-refractivity contribution < 1.29 is 19.2 Å². The zero-order valence-electron chi connectivity index (χ0n) is 14.0. The molecule has 1 aliphatic heterocycles. The van der Waals surface area contributed by atoms with Crippen molar-refractivity contribution in [2.24, 2.45) is 5.10 Å². The van der Waals surface area contributed by atoms with Crippen molar-refractivity contribution in [3.05, 3.63) is 63.7 Å². The SMILES string of the molecule is CCc1ccc(/C=N\NC(=O)[C@H]2COc3ccccc3O2)cc1[N+](=O)[O-]. The average molecular weight is 355 g/mol. The Morgan fingerprint density at radius 2 is 2.12 bits per heavy atom. The number of ether oxygens (including phenoxy) is 2. The smallest absolute Gasteiger partial charge is 0.284 e. The number of nitrogens with one attached hydrogen (secondary N) is 1. The molecular formula is C18H17N3O5. The van der Waals surface area contributed by atoms with Gasteiger partial charge in [0.15, 0.2) is 11.5 Å². The highest BCUT2D eigenvalue weighted by Gasteiger charge is 2.27. The fraction of sp³-hybridized carbons (Fsp3) is 0.222. The van der Waals surface area contributed by atoms with Gasteiger partial charge in [0, 0.05) is 17.2 Å². The Hall–Kier alpha value is -3.42. The van der Waals surface area contributed by atoms with E-state index in [-0.39, 0.29) is 12.3 Å². The molecule has 1 amide bonds. The molecule has 0 aliphatic carbocycles. The van der Waals surface area contributed by atoms with Gasteiger partial charge in [-0.25, -0.2) is 5.43 Å². The molecule has 0 aromatic heterocycles. The molecule has 8 heteroatoms. The van der Waals surface area contributed by atoms with Crippen LogP contribution in [0.25, 0.3) is 0 Å². The number of para-hydroxylation sites is 2. The molecule has 1 N–H and O–H groups in total. The van der Waals surface area contributed by atoms with Gasteiger partial charge < -0.3 is 9.47 Å². The first-order valence-corrected chi connectivity index (χ1v) is 8.07. The third kappa shape index (κ3) is 3.80. The molecule has 0 fully saturated rings. The lowest BCUT2D eigenvalue weighted by Gasteiger charge is -2.24. The Balaban J connectivity index is 1.63. The van der Waals surface area contributed by atoms with E-state index in [9.17, 15) is 14.9 Å². The van der Waals surface area contributed by atoms with Crippen molar-refractivity contribution in [2.45, 2.75) is 19.4 Å². The van der Waals surface area contributed by atoms with Crippen LogP contribution in [-0.4, -0.2) is 29.8 Å². The largest absolute Gasteiger partial charge is 0.485 e. The maximum atomic E-state index is 12.1. The third-order valence-corrected chi connectivity index (χ3v) is 3.88. The molecule has 1 aliphatic rings. The van der Waals surface area contributed by atoms with E-state index >= 15 is 0 Å². The normalized spacial score (nSPS) is 15.7. The highest BCUT2D eigenvalue weighted by molar-refractivity contribution is 5.85. The molecule has 1 heterocycles. The van der Waals surface area contributed by atoms with Crippen LogP contribution < -0.4 is 14.9 Å². The predicted octanol–water partition coefficient (Wildman–Crippen LogP) is 2.45. The number of carbonyl (C=O) groups excluding carboxylic acids is 1. The van der Waals surface area contributed by atoms with E-state index in [1.54, 1.807) is 30.3 Å². The van der Waals surface area contributed by atoms with Crippen molar-refractivity contribution in [3.8, 4) is 11.5 Å². The first-order chi connectivity index (χ1) is 12.6. The Morgan fingerprint density at radius 1 is 1.35 bits per heavy atom. The van der Waals surface area contributed by atoms with E-state index in [1.807, 2.05) is 13.0 Å². The molecule has 0 bridgehead atoms. The molecule has 2 aromatic carbocycles. The van der Waals surface area contributed by atoms with Crippen LogP contribution in [0.2, 0.25) is 0 Å². The summed E-state index contributed by atoms with van der Waals surface area (Å²) >= 11 is 0. The molecule has 0 radical (unpaired) electrons. The third-order valence-electron chi connectivity index (χ3n) is 3.88. The first-order valence-electron chi connectivity index (χ1n) is 8.07. The second-order valence-corrected chi connectivity index (χ2v) is 5.60. The lowest BCUT2D eigenvalue weighted by atomic mass is 10.1. The highest BCUT2D eigenvalue weighted by atomic mass is 16.6. The summed E-state index contributed by atoms with van der Waals surface area (Å²) in [6.07, 6.45) is 1.09. The van der Waals surface area contributed by atoms with Crippen molar-refractivity contribution in [2.75, 3.05) is 6.61 Å². The van der Waals surface area contributed by atoms with Gasteiger partial charge in [-0.3, -0.25) is 14.9 Å². The Morgan fingerprint density at radius 3 is 2.85 bits per heavy atom. The van der Waals surface area contributed by atoms with E-state index in [0.29, 0.717) is 29.0 Å².